The number of nitrogens with two attached hydrogens (primary N) is 1. The molecule has 1 fully saturated rings. The highest BCUT2D eigenvalue weighted by Crippen LogP contribution is 2.47. The molecule has 1 aromatic carbocycles. The van der Waals surface area contributed by atoms with Crippen molar-refractivity contribution in [3.63, 3.8) is 0 Å². The van der Waals surface area contributed by atoms with Gasteiger partial charge >= 0.3 is 0 Å². The van der Waals surface area contributed by atoms with Gasteiger partial charge in [0.1, 0.15) is 0 Å². The number of hydrogen-bond acceptors (Lipinski definition) is 2. The molecule has 2 aliphatic rings. The van der Waals surface area contributed by atoms with Crippen LogP contribution in [-0.4, -0.2) is 12.5 Å². The number of carbonyl (C=O) groups excluding carboxylic acids is 1. The molecule has 0 atom stereocenters. The molecule has 0 saturated heterocycles. The predicted octanol–water partition coefficient (Wildman–Crippen LogP) is 2.02. The summed E-state index contributed by atoms with van der Waals surface area (Å²) in [5.74, 6) is -0.350. The number of fused-ring (bicyclic) bond motifs is 2. The molecule has 1 aliphatic carbocycles. The Kier molecular flexibility index (Phi) is 1.96. The Hall–Kier alpha value is -1.51. The van der Waals surface area contributed by atoms with Gasteiger partial charge in [0.05, 0.1) is 0 Å². The van der Waals surface area contributed by atoms with Gasteiger partial charge in [-0.1, -0.05) is 18.9 Å². The van der Waals surface area contributed by atoms with Crippen molar-refractivity contribution in [2.45, 2.75) is 31.1 Å². The van der Waals surface area contributed by atoms with Crippen molar-refractivity contribution < 1.29 is 4.79 Å². The molecule has 1 aliphatic heterocycles. The predicted molar refractivity (Wildman–Crippen MR) is 63.6 cm³/mol. The summed E-state index contributed by atoms with van der Waals surface area (Å²) in [6, 6.07) is 5.83. The normalized spacial score (nSPS) is 20.8. The molecule has 3 heteroatoms. The number of anilines is 1. The molecule has 0 bridgehead atoms. The number of hydrogen-bond donors (Lipinski definition) is 2. The van der Waals surface area contributed by atoms with E-state index in [2.05, 4.69) is 11.4 Å². The van der Waals surface area contributed by atoms with Crippen LogP contribution in [0.5, 0.6) is 0 Å². The molecule has 1 heterocycles. The quantitative estimate of drug-likeness (QED) is 0.754. The first kappa shape index (κ1) is 9.70. The zero-order valence-corrected chi connectivity index (χ0v) is 9.25. The average molecular weight is 216 g/mol. The van der Waals surface area contributed by atoms with E-state index >= 15 is 0 Å². The lowest BCUT2D eigenvalue weighted by Crippen LogP contribution is -2.23. The summed E-state index contributed by atoms with van der Waals surface area (Å²) in [5, 5.41) is 3.42. The topological polar surface area (TPSA) is 55.1 Å². The van der Waals surface area contributed by atoms with Gasteiger partial charge < -0.3 is 11.1 Å². The van der Waals surface area contributed by atoms with E-state index in [-0.39, 0.29) is 5.91 Å². The Labute approximate surface area is 95.0 Å². The van der Waals surface area contributed by atoms with Crippen molar-refractivity contribution in [3.05, 3.63) is 29.3 Å². The fourth-order valence-corrected chi connectivity index (χ4v) is 3.16. The lowest BCUT2D eigenvalue weighted by Gasteiger charge is -2.22. The maximum Gasteiger partial charge on any atom is 0.248 e. The van der Waals surface area contributed by atoms with Crippen molar-refractivity contribution in [1.82, 2.24) is 0 Å². The third kappa shape index (κ3) is 1.24. The highest BCUT2D eigenvalue weighted by Gasteiger charge is 2.40. The Morgan fingerprint density at radius 3 is 2.75 bits per heavy atom. The van der Waals surface area contributed by atoms with Gasteiger partial charge in [-0.15, -0.1) is 0 Å². The van der Waals surface area contributed by atoms with E-state index < -0.39 is 0 Å². The number of nitrogens with one attached hydrogen (secondary N) is 1. The molecule has 3 rings (SSSR count). The molecule has 3 N–H and O–H groups in total. The Bertz CT molecular complexity index is 447. The molecular formula is C13H16N2O. The largest absolute Gasteiger partial charge is 0.384 e. The number of amides is 1. The van der Waals surface area contributed by atoms with Crippen LogP contribution in [0.25, 0.3) is 0 Å². The zero-order valence-electron chi connectivity index (χ0n) is 9.25. The van der Waals surface area contributed by atoms with Crippen LogP contribution in [0.2, 0.25) is 0 Å². The van der Waals surface area contributed by atoms with Crippen LogP contribution in [-0.2, 0) is 5.41 Å². The molecule has 0 radical (unpaired) electrons. The second-order valence-electron chi connectivity index (χ2n) is 4.97. The first-order valence-electron chi connectivity index (χ1n) is 5.90. The van der Waals surface area contributed by atoms with Crippen LogP contribution in [0.3, 0.4) is 0 Å². The monoisotopic (exact) mass is 216 g/mol. The molecule has 1 spiro atoms. The highest BCUT2D eigenvalue weighted by molar-refractivity contribution is 5.94. The van der Waals surface area contributed by atoms with E-state index in [1.165, 1.54) is 31.2 Å². The lowest BCUT2D eigenvalue weighted by atomic mass is 9.80. The van der Waals surface area contributed by atoms with Gasteiger partial charge in [0, 0.05) is 23.2 Å². The summed E-state index contributed by atoms with van der Waals surface area (Å²) in [6.45, 7) is 1.02. The van der Waals surface area contributed by atoms with Crippen LogP contribution >= 0.6 is 0 Å². The summed E-state index contributed by atoms with van der Waals surface area (Å²) in [7, 11) is 0. The molecule has 1 aromatic rings. The molecule has 84 valence electrons. The standard InChI is InChI=1S/C13H16N2O/c14-12(16)9-3-4-10-11(7-9)15-8-13(10)5-1-2-6-13/h3-4,7,15H,1-2,5-6,8H2,(H2,14,16). The SMILES string of the molecule is NC(=O)c1ccc2c(c1)NCC21CCCC1. The first-order valence-corrected chi connectivity index (χ1v) is 5.90. The molecule has 0 aromatic heterocycles. The van der Waals surface area contributed by atoms with Crippen LogP contribution in [0, 0.1) is 0 Å². The van der Waals surface area contributed by atoms with Crippen molar-refractivity contribution in [2.75, 3.05) is 11.9 Å². The summed E-state index contributed by atoms with van der Waals surface area (Å²) >= 11 is 0. The molecule has 0 unspecified atom stereocenters. The van der Waals surface area contributed by atoms with Gasteiger partial charge in [-0.05, 0) is 30.5 Å². The number of rotatable bonds is 1. The molecule has 1 saturated carbocycles. The minimum atomic E-state index is -0.350. The molecule has 3 nitrogen and oxygen atoms in total. The van der Waals surface area contributed by atoms with E-state index in [0.717, 1.165) is 12.2 Å². The van der Waals surface area contributed by atoms with E-state index in [0.29, 0.717) is 11.0 Å². The third-order valence-electron chi connectivity index (χ3n) is 4.05. The summed E-state index contributed by atoms with van der Waals surface area (Å²) in [6.07, 6.45) is 5.17. The smallest absolute Gasteiger partial charge is 0.248 e. The van der Waals surface area contributed by atoms with Gasteiger partial charge in [-0.3, -0.25) is 4.79 Å². The van der Waals surface area contributed by atoms with E-state index in [9.17, 15) is 4.79 Å². The van der Waals surface area contributed by atoms with Crippen molar-refractivity contribution in [2.24, 2.45) is 5.73 Å². The number of primary amides is 1. The Morgan fingerprint density at radius 1 is 1.31 bits per heavy atom. The first-order chi connectivity index (χ1) is 7.71. The molecule has 16 heavy (non-hydrogen) atoms. The van der Waals surface area contributed by atoms with Gasteiger partial charge in [-0.25, -0.2) is 0 Å². The minimum Gasteiger partial charge on any atom is -0.384 e. The minimum absolute atomic E-state index is 0.339. The number of benzene rings is 1. The average Bonchev–Trinajstić information content (AvgIpc) is 2.88. The number of carbonyl (C=O) groups is 1. The van der Waals surface area contributed by atoms with Crippen LogP contribution < -0.4 is 11.1 Å². The van der Waals surface area contributed by atoms with Crippen molar-refractivity contribution >= 4 is 11.6 Å². The zero-order chi connectivity index (χ0) is 11.2. The van der Waals surface area contributed by atoms with E-state index in [1.54, 1.807) is 0 Å². The van der Waals surface area contributed by atoms with Crippen LogP contribution in [0.1, 0.15) is 41.6 Å². The molecule has 1 amide bonds. The second kappa shape index (κ2) is 3.24. The summed E-state index contributed by atoms with van der Waals surface area (Å²) < 4.78 is 0. The van der Waals surface area contributed by atoms with Crippen molar-refractivity contribution in [1.29, 1.82) is 0 Å². The highest BCUT2D eigenvalue weighted by atomic mass is 16.1. The Morgan fingerprint density at radius 2 is 2.06 bits per heavy atom. The fraction of sp³-hybridized carbons (Fsp3) is 0.462. The van der Waals surface area contributed by atoms with Crippen LogP contribution in [0.4, 0.5) is 5.69 Å². The van der Waals surface area contributed by atoms with Gasteiger partial charge in [-0.2, -0.15) is 0 Å². The van der Waals surface area contributed by atoms with Crippen molar-refractivity contribution in [3.8, 4) is 0 Å². The molecular weight excluding hydrogens is 200 g/mol. The van der Waals surface area contributed by atoms with Gasteiger partial charge in [0.15, 0.2) is 0 Å². The summed E-state index contributed by atoms with van der Waals surface area (Å²) in [5.41, 5.74) is 8.72. The van der Waals surface area contributed by atoms with Gasteiger partial charge in [0.25, 0.3) is 0 Å². The maximum atomic E-state index is 11.1. The fourth-order valence-electron chi connectivity index (χ4n) is 3.16. The van der Waals surface area contributed by atoms with Crippen LogP contribution in [0.15, 0.2) is 18.2 Å². The lowest BCUT2D eigenvalue weighted by molar-refractivity contribution is 0.100. The summed E-state index contributed by atoms with van der Waals surface area (Å²) in [4.78, 5) is 11.1. The third-order valence-corrected chi connectivity index (χ3v) is 4.05. The maximum absolute atomic E-state index is 11.1. The van der Waals surface area contributed by atoms with E-state index in [1.807, 2.05) is 12.1 Å². The Balaban J connectivity index is 2.05. The van der Waals surface area contributed by atoms with Gasteiger partial charge in [0.2, 0.25) is 5.91 Å². The van der Waals surface area contributed by atoms with E-state index in [4.69, 9.17) is 5.73 Å². The second-order valence-corrected chi connectivity index (χ2v) is 4.97.